The van der Waals surface area contributed by atoms with Gasteiger partial charge in [0, 0.05) is 78.5 Å². The normalized spacial score (nSPS) is 27.9. The molecule has 6 bridgehead atoms. The highest BCUT2D eigenvalue weighted by atomic mass is 16.5. The fourth-order valence-corrected chi connectivity index (χ4v) is 11.8. The fraction of sp³-hybridized carbons (Fsp3) is 0.729. The lowest BCUT2D eigenvalue weighted by Crippen LogP contribution is -2.55. The maximum Gasteiger partial charge on any atom is 0.323 e. The number of urea groups is 3. The lowest BCUT2D eigenvalue weighted by atomic mass is 9.82. The monoisotopic (exact) mass is 967 g/mol. The quantitative estimate of drug-likeness (QED) is 0.0959. The third-order valence-corrected chi connectivity index (χ3v) is 15.1. The van der Waals surface area contributed by atoms with Crippen molar-refractivity contribution >= 4 is 49.6 Å². The highest BCUT2D eigenvalue weighted by Gasteiger charge is 2.49. The molecule has 5 N–H and O–H groups in total. The Bertz CT molecular complexity index is 1870. The molecular formula is C48H77BN9O11. The molecule has 6 saturated heterocycles. The number of hydrogen-bond donors (Lipinski definition) is 4. The van der Waals surface area contributed by atoms with E-state index in [9.17, 15) is 38.7 Å². The number of rotatable bonds is 13. The van der Waals surface area contributed by atoms with Gasteiger partial charge >= 0.3 is 36.0 Å². The summed E-state index contributed by atoms with van der Waals surface area (Å²) in [6, 6.07) is 8.86. The summed E-state index contributed by atoms with van der Waals surface area (Å²) in [5, 5.41) is 16.1. The zero-order valence-corrected chi connectivity index (χ0v) is 42.0. The number of amides is 6. The molecular weight excluding hydrogens is 889 g/mol. The average Bonchev–Trinajstić information content (AvgIpc) is 3.88. The summed E-state index contributed by atoms with van der Waals surface area (Å²) in [6.07, 6.45) is 11.1. The molecule has 6 fully saturated rings. The largest absolute Gasteiger partial charge is 0.468 e. The van der Waals surface area contributed by atoms with Crippen LogP contribution >= 0.6 is 0 Å². The number of ether oxygens (including phenoxy) is 3. The summed E-state index contributed by atoms with van der Waals surface area (Å²) in [5.74, 6) is -0.782. The van der Waals surface area contributed by atoms with E-state index in [1.54, 1.807) is 57.0 Å². The molecule has 6 aliphatic heterocycles. The van der Waals surface area contributed by atoms with E-state index in [1.807, 2.05) is 45.0 Å². The summed E-state index contributed by atoms with van der Waals surface area (Å²) < 4.78 is 14.6. The van der Waals surface area contributed by atoms with E-state index in [-0.39, 0.29) is 103 Å². The Kier molecular flexibility index (Phi) is 20.1. The number of nitrogens with one attached hydrogen (secondary N) is 2. The Balaban J connectivity index is 0.000000197. The van der Waals surface area contributed by atoms with Gasteiger partial charge in [0.05, 0.1) is 46.2 Å². The van der Waals surface area contributed by atoms with Crippen molar-refractivity contribution < 1.29 is 52.9 Å². The minimum atomic E-state index is -0.565. The summed E-state index contributed by atoms with van der Waals surface area (Å²) in [5.41, 5.74) is 6.88. The van der Waals surface area contributed by atoms with Crippen molar-refractivity contribution in [1.29, 1.82) is 0 Å². The number of nitrogens with zero attached hydrogens (tertiary/aromatic N) is 6. The van der Waals surface area contributed by atoms with Gasteiger partial charge in [0.15, 0.2) is 0 Å². The molecule has 20 nitrogen and oxygen atoms in total. The number of carbonyl (C=O) groups excluding carboxylic acids is 7. The number of hydrogen-bond acceptors (Lipinski definition) is 14. The van der Waals surface area contributed by atoms with Crippen molar-refractivity contribution in [2.75, 3.05) is 70.2 Å². The van der Waals surface area contributed by atoms with Crippen LogP contribution in [-0.4, -0.2) is 209 Å². The van der Waals surface area contributed by atoms with Gasteiger partial charge in [-0.3, -0.25) is 19.7 Å². The van der Waals surface area contributed by atoms with Crippen LogP contribution in [0, 0.1) is 17.8 Å². The maximum absolute atomic E-state index is 12.6. The molecule has 1 radical (unpaired) electrons. The number of fused-ring (bicyclic) bond motifs is 6. The lowest BCUT2D eigenvalue weighted by Gasteiger charge is -2.42. The molecule has 0 saturated carbocycles. The van der Waals surface area contributed by atoms with E-state index in [1.165, 1.54) is 28.7 Å². The van der Waals surface area contributed by atoms with Crippen LogP contribution in [0.15, 0.2) is 30.3 Å². The lowest BCUT2D eigenvalue weighted by molar-refractivity contribution is -0.146. The van der Waals surface area contributed by atoms with Crippen molar-refractivity contribution in [2.24, 2.45) is 23.5 Å². The van der Waals surface area contributed by atoms with Gasteiger partial charge in [0.25, 0.3) is 7.41 Å². The van der Waals surface area contributed by atoms with Crippen LogP contribution < -0.4 is 16.3 Å². The zero-order chi connectivity index (χ0) is 50.7. The Hall–Kier alpha value is -4.99. The first-order valence-electron chi connectivity index (χ1n) is 24.3. The van der Waals surface area contributed by atoms with Gasteiger partial charge in [-0.05, 0) is 100 Å². The van der Waals surface area contributed by atoms with Crippen LogP contribution in [-0.2, 0) is 33.4 Å². The molecule has 6 heterocycles. The van der Waals surface area contributed by atoms with E-state index in [0.717, 1.165) is 82.6 Å². The molecule has 0 spiro atoms. The van der Waals surface area contributed by atoms with Gasteiger partial charge in [-0.25, -0.2) is 14.4 Å². The summed E-state index contributed by atoms with van der Waals surface area (Å²) in [7, 11) is 15.9. The van der Waals surface area contributed by atoms with Crippen molar-refractivity contribution in [2.45, 2.75) is 137 Å². The van der Waals surface area contributed by atoms with Gasteiger partial charge in [-0.2, -0.15) is 0 Å². The summed E-state index contributed by atoms with van der Waals surface area (Å²) >= 11 is 0. The molecule has 0 aromatic heterocycles. The first-order chi connectivity index (χ1) is 32.9. The molecule has 1 aromatic rings. The van der Waals surface area contributed by atoms with Crippen LogP contribution in [0.3, 0.4) is 0 Å². The molecule has 69 heavy (non-hydrogen) atoms. The number of esters is 3. The van der Waals surface area contributed by atoms with Crippen LogP contribution in [0.2, 0.25) is 0 Å². The van der Waals surface area contributed by atoms with Crippen LogP contribution in [0.5, 0.6) is 0 Å². The second-order valence-electron chi connectivity index (χ2n) is 19.9. The standard InChI is InChI=1S/C21H31N3O4.C14H23BN3O4.C13H23N3O3/c1-23(2)21(27)24-16-9-10-17(24)12-15(11-16)19(20(26)28-3)22-18(13-25)14-7-5-4-6-8-14;1-17(2)14(21)18-10-4-5-11(18)7-9(6-10)12(13(20)22-3)16-15-8-19;1-15(2)13(18)16-9-4-5-10(16)7-8(6-9)11(14)12(17)19-3/h4-8,15-19,22,25H,9-13H2,1-3H3;8-12,16H,4-7H2,1-3H3;8-11H,4-7,14H2,1-3H3/t15?,16?,17?,18-,19-;9?,10?,11?,12-;8?,9?,10?,11-/m000/s1. The van der Waals surface area contributed by atoms with Gasteiger partial charge in [-0.15, -0.1) is 0 Å². The second-order valence-corrected chi connectivity index (χ2v) is 19.9. The second kappa shape index (κ2) is 25.2. The number of methoxy groups -OCH3 is 3. The van der Waals surface area contributed by atoms with Gasteiger partial charge in [-0.1, -0.05) is 30.3 Å². The van der Waals surface area contributed by atoms with E-state index in [0.29, 0.717) is 6.19 Å². The van der Waals surface area contributed by atoms with Crippen molar-refractivity contribution in [1.82, 2.24) is 39.9 Å². The molecule has 6 unspecified atom stereocenters. The van der Waals surface area contributed by atoms with Gasteiger partial charge in [0.1, 0.15) is 12.1 Å². The van der Waals surface area contributed by atoms with Crippen LogP contribution in [0.1, 0.15) is 88.7 Å². The van der Waals surface area contributed by atoms with E-state index < -0.39 is 18.1 Å². The minimum absolute atomic E-state index is 0.0352. The Morgan fingerprint density at radius 1 is 0.623 bits per heavy atom. The number of aliphatic hydroxyl groups is 1. The van der Waals surface area contributed by atoms with Gasteiger partial charge < -0.3 is 64.5 Å². The summed E-state index contributed by atoms with van der Waals surface area (Å²) in [6.45, 7) is -0.109. The smallest absolute Gasteiger partial charge is 0.323 e. The first kappa shape index (κ1) is 54.9. The minimum Gasteiger partial charge on any atom is -0.468 e. The molecule has 1 aromatic carbocycles. The molecule has 7 rings (SSSR count). The highest BCUT2D eigenvalue weighted by molar-refractivity contribution is 6.64. The Labute approximate surface area is 408 Å². The number of aliphatic hydroxyl groups excluding tert-OH is 1. The van der Waals surface area contributed by atoms with Gasteiger partial charge in [0.2, 0.25) is 0 Å². The number of carbonyl (C=O) groups is 7. The number of nitrogens with two attached hydrogens (primary N) is 1. The molecule has 0 aliphatic carbocycles. The SMILES string of the molecule is COC(=O)[C@@H](N)C1CC2CCC(C1)N2C(=O)N(C)C.COC(=O)[C@@H](N[B]C=O)C1CC2CCC(C1)N2C(=O)N(C)C.COC(=O)[C@@H](N[C@@H](CO)c1ccccc1)C1CC2CCC(C1)N2C(=O)N(C)C. The predicted molar refractivity (Wildman–Crippen MR) is 258 cm³/mol. The molecule has 6 amide bonds. The van der Waals surface area contributed by atoms with Crippen LogP contribution in [0.4, 0.5) is 14.4 Å². The topological polar surface area (TPSA) is 237 Å². The van der Waals surface area contributed by atoms with Crippen LogP contribution in [0.25, 0.3) is 0 Å². The maximum atomic E-state index is 12.6. The first-order valence-corrected chi connectivity index (χ1v) is 24.3. The van der Waals surface area contributed by atoms with E-state index in [2.05, 4.69) is 10.5 Å². The third-order valence-electron chi connectivity index (χ3n) is 15.1. The number of piperidine rings is 3. The van der Waals surface area contributed by atoms with E-state index >= 15 is 0 Å². The van der Waals surface area contributed by atoms with Crippen molar-refractivity contribution in [3.63, 3.8) is 0 Å². The summed E-state index contributed by atoms with van der Waals surface area (Å²) in [4.78, 5) is 94.4. The molecule has 383 valence electrons. The van der Waals surface area contributed by atoms with Crippen molar-refractivity contribution in [3.05, 3.63) is 35.9 Å². The predicted octanol–water partition coefficient (Wildman–Crippen LogP) is 2.04. The highest BCUT2D eigenvalue weighted by Crippen LogP contribution is 2.43. The molecule has 10 atom stereocenters. The Morgan fingerprint density at radius 2 is 0.971 bits per heavy atom. The van der Waals surface area contributed by atoms with E-state index in [4.69, 9.17) is 19.9 Å². The Morgan fingerprint density at radius 3 is 1.30 bits per heavy atom. The third kappa shape index (κ3) is 13.1. The fourth-order valence-electron chi connectivity index (χ4n) is 11.8. The zero-order valence-electron chi connectivity index (χ0n) is 42.0. The average molecular weight is 967 g/mol. The van der Waals surface area contributed by atoms with Crippen molar-refractivity contribution in [3.8, 4) is 0 Å². The number of benzene rings is 1. The molecule has 21 heteroatoms. The molecule has 6 aliphatic rings.